The van der Waals surface area contributed by atoms with Crippen molar-refractivity contribution in [2.24, 2.45) is 4.99 Å². The van der Waals surface area contributed by atoms with Gasteiger partial charge in [0.1, 0.15) is 0 Å². The van der Waals surface area contributed by atoms with E-state index in [4.69, 9.17) is 9.98 Å². The molecule has 0 N–H and O–H groups in total. The van der Waals surface area contributed by atoms with Gasteiger partial charge in [-0.1, -0.05) is 102 Å². The molecule has 210 valence electrons. The molecule has 3 heterocycles. The van der Waals surface area contributed by atoms with Gasteiger partial charge >= 0.3 is 0 Å². The van der Waals surface area contributed by atoms with Crippen LogP contribution in [0.5, 0.6) is 0 Å². The van der Waals surface area contributed by atoms with Crippen LogP contribution in [0.3, 0.4) is 0 Å². The van der Waals surface area contributed by atoms with Crippen molar-refractivity contribution in [2.75, 3.05) is 0 Å². The maximum atomic E-state index is 5.41. The van der Waals surface area contributed by atoms with Gasteiger partial charge in [-0.25, -0.2) is 9.98 Å². The van der Waals surface area contributed by atoms with Gasteiger partial charge in [0.15, 0.2) is 0 Å². The summed E-state index contributed by atoms with van der Waals surface area (Å²) >= 11 is 3.49. The van der Waals surface area contributed by atoms with Gasteiger partial charge in [-0.3, -0.25) is 0 Å². The Morgan fingerprint density at radius 1 is 0.591 bits per heavy atom. The topological polar surface area (TPSA) is 25.2 Å². The van der Waals surface area contributed by atoms with E-state index < -0.39 is 0 Å². The Morgan fingerprint density at radius 2 is 1.27 bits per heavy atom. The standard InChI is InChI=1S/C40H28N2S2/c1-25-14-18-27(19-15-25)34-30-11-6-7-12-32(30)42-39-37(34)35(28-20-16-26(2)17-21-28)36(31-22-24-44-40(31)39)38(33-13-8-23-43-33)41-29-9-4-3-5-10-29/h3-24H,1-2H3. The number of aromatic nitrogens is 1. The van der Waals surface area contributed by atoms with Crippen LogP contribution in [0.1, 0.15) is 21.6 Å². The first kappa shape index (κ1) is 26.7. The third-order valence-corrected chi connectivity index (χ3v) is 10.0. The number of pyridine rings is 1. The van der Waals surface area contributed by atoms with E-state index in [1.165, 1.54) is 43.3 Å². The maximum Gasteiger partial charge on any atom is 0.0900 e. The van der Waals surface area contributed by atoms with Crippen molar-refractivity contribution >= 4 is 66.0 Å². The molecule has 0 aliphatic heterocycles. The van der Waals surface area contributed by atoms with Crippen molar-refractivity contribution in [1.82, 2.24) is 4.98 Å². The van der Waals surface area contributed by atoms with Crippen molar-refractivity contribution in [1.29, 1.82) is 0 Å². The zero-order chi connectivity index (χ0) is 29.6. The van der Waals surface area contributed by atoms with Crippen LogP contribution in [0.4, 0.5) is 5.69 Å². The van der Waals surface area contributed by atoms with Crippen molar-refractivity contribution in [3.63, 3.8) is 0 Å². The molecule has 0 spiro atoms. The van der Waals surface area contributed by atoms with E-state index in [0.717, 1.165) is 43.8 Å². The van der Waals surface area contributed by atoms with Crippen LogP contribution < -0.4 is 0 Å². The van der Waals surface area contributed by atoms with Crippen molar-refractivity contribution < 1.29 is 0 Å². The first-order valence-electron chi connectivity index (χ1n) is 14.7. The lowest BCUT2D eigenvalue weighted by Gasteiger charge is -2.21. The lowest BCUT2D eigenvalue weighted by atomic mass is 9.84. The molecule has 3 aromatic heterocycles. The largest absolute Gasteiger partial charge is 0.247 e. The summed E-state index contributed by atoms with van der Waals surface area (Å²) in [4.78, 5) is 11.9. The van der Waals surface area contributed by atoms with E-state index in [1.807, 2.05) is 6.07 Å². The third kappa shape index (κ3) is 4.55. The Labute approximate surface area is 264 Å². The second kappa shape index (κ2) is 11.0. The zero-order valence-electron chi connectivity index (χ0n) is 24.4. The Kier molecular flexibility index (Phi) is 6.67. The molecule has 0 saturated carbocycles. The number of nitrogens with zero attached hydrogens (tertiary/aromatic N) is 2. The molecule has 2 nitrogen and oxygen atoms in total. The fraction of sp³-hybridized carbons (Fsp3) is 0.0500. The van der Waals surface area contributed by atoms with Crippen molar-refractivity contribution in [3.05, 3.63) is 154 Å². The van der Waals surface area contributed by atoms with E-state index in [-0.39, 0.29) is 0 Å². The van der Waals surface area contributed by atoms with Crippen LogP contribution in [0.2, 0.25) is 0 Å². The number of para-hydroxylation sites is 2. The molecular weight excluding hydrogens is 573 g/mol. The number of aliphatic imine (C=N–C) groups is 1. The van der Waals surface area contributed by atoms with E-state index in [2.05, 4.69) is 140 Å². The lowest BCUT2D eigenvalue weighted by Crippen LogP contribution is -2.06. The Hall–Kier alpha value is -4.90. The molecular formula is C40H28N2S2. The fourth-order valence-corrected chi connectivity index (χ4v) is 7.74. The number of hydrogen-bond donors (Lipinski definition) is 0. The summed E-state index contributed by atoms with van der Waals surface area (Å²) in [5, 5.41) is 7.83. The van der Waals surface area contributed by atoms with Crippen LogP contribution >= 0.6 is 22.7 Å². The highest BCUT2D eigenvalue weighted by Crippen LogP contribution is 2.48. The molecule has 0 aliphatic rings. The molecule has 0 aliphatic carbocycles. The Morgan fingerprint density at radius 3 is 1.98 bits per heavy atom. The second-order valence-corrected chi connectivity index (χ2v) is 13.0. The van der Waals surface area contributed by atoms with Crippen LogP contribution in [-0.2, 0) is 0 Å². The number of fused-ring (bicyclic) bond motifs is 4. The first-order valence-corrected chi connectivity index (χ1v) is 16.5. The summed E-state index contributed by atoms with van der Waals surface area (Å²) in [6, 6.07) is 43.3. The minimum Gasteiger partial charge on any atom is -0.247 e. The lowest BCUT2D eigenvalue weighted by molar-refractivity contribution is 1.46. The fourth-order valence-electron chi connectivity index (χ4n) is 6.12. The second-order valence-electron chi connectivity index (χ2n) is 11.1. The normalized spacial score (nSPS) is 12.0. The molecule has 0 unspecified atom stereocenters. The number of rotatable bonds is 5. The number of benzene rings is 5. The predicted molar refractivity (Wildman–Crippen MR) is 191 cm³/mol. The molecule has 5 aromatic carbocycles. The first-order chi connectivity index (χ1) is 21.7. The number of aryl methyl sites for hydroxylation is 2. The molecule has 0 radical (unpaired) electrons. The zero-order valence-corrected chi connectivity index (χ0v) is 26.0. The minimum atomic E-state index is 0.935. The summed E-state index contributed by atoms with van der Waals surface area (Å²) in [7, 11) is 0. The van der Waals surface area contributed by atoms with Gasteiger partial charge in [0.05, 0.1) is 32.0 Å². The summed E-state index contributed by atoms with van der Waals surface area (Å²) in [6.45, 7) is 4.29. The molecule has 0 atom stereocenters. The summed E-state index contributed by atoms with van der Waals surface area (Å²) in [5.41, 5.74) is 12.3. The van der Waals surface area contributed by atoms with Gasteiger partial charge in [-0.2, -0.15) is 0 Å². The molecule has 44 heavy (non-hydrogen) atoms. The molecule has 0 amide bonds. The summed E-state index contributed by atoms with van der Waals surface area (Å²) in [6.07, 6.45) is 0. The predicted octanol–water partition coefficient (Wildman–Crippen LogP) is 11.8. The quantitative estimate of drug-likeness (QED) is 0.142. The molecule has 0 saturated heterocycles. The summed E-state index contributed by atoms with van der Waals surface area (Å²) in [5.74, 6) is 0. The van der Waals surface area contributed by atoms with Crippen LogP contribution in [0.15, 0.2) is 137 Å². The minimum absolute atomic E-state index is 0.935. The Bertz CT molecular complexity index is 2310. The highest BCUT2D eigenvalue weighted by Gasteiger charge is 2.26. The van der Waals surface area contributed by atoms with Gasteiger partial charge in [0.2, 0.25) is 0 Å². The van der Waals surface area contributed by atoms with Crippen LogP contribution in [0.25, 0.3) is 54.1 Å². The Balaban J connectivity index is 1.64. The molecule has 0 bridgehead atoms. The monoisotopic (exact) mass is 600 g/mol. The van der Waals surface area contributed by atoms with Gasteiger partial charge < -0.3 is 0 Å². The summed E-state index contributed by atoms with van der Waals surface area (Å²) < 4.78 is 1.18. The molecule has 0 fully saturated rings. The maximum absolute atomic E-state index is 5.41. The highest BCUT2D eigenvalue weighted by molar-refractivity contribution is 7.18. The van der Waals surface area contributed by atoms with Crippen LogP contribution in [-0.4, -0.2) is 10.7 Å². The van der Waals surface area contributed by atoms with Crippen molar-refractivity contribution in [3.8, 4) is 22.3 Å². The average molecular weight is 601 g/mol. The van der Waals surface area contributed by atoms with E-state index >= 15 is 0 Å². The van der Waals surface area contributed by atoms with Crippen LogP contribution in [0, 0.1) is 13.8 Å². The number of hydrogen-bond acceptors (Lipinski definition) is 4. The van der Waals surface area contributed by atoms with Gasteiger partial charge in [0.25, 0.3) is 0 Å². The smallest absolute Gasteiger partial charge is 0.0900 e. The van der Waals surface area contributed by atoms with E-state index in [1.54, 1.807) is 22.7 Å². The average Bonchev–Trinajstić information content (AvgIpc) is 3.77. The molecule has 8 rings (SSSR count). The molecule has 4 heteroatoms. The van der Waals surface area contributed by atoms with Gasteiger partial charge in [-0.15, -0.1) is 22.7 Å². The van der Waals surface area contributed by atoms with Gasteiger partial charge in [0, 0.05) is 32.8 Å². The van der Waals surface area contributed by atoms with E-state index in [0.29, 0.717) is 0 Å². The van der Waals surface area contributed by atoms with Crippen molar-refractivity contribution in [2.45, 2.75) is 13.8 Å². The van der Waals surface area contributed by atoms with Gasteiger partial charge in [-0.05, 0) is 66.1 Å². The number of thiophene rings is 2. The highest BCUT2D eigenvalue weighted by atomic mass is 32.1. The SMILES string of the molecule is Cc1ccc(-c2c(C(=Nc3ccccc3)c3cccs3)c3ccsc3c3nc4ccccc4c(-c4ccc(C)cc4)c23)cc1. The third-order valence-electron chi connectivity index (χ3n) is 8.21. The molecule has 8 aromatic rings. The van der Waals surface area contributed by atoms with E-state index in [9.17, 15) is 0 Å².